The molecule has 0 spiro atoms. The first-order valence-corrected chi connectivity index (χ1v) is 11.8. The molecular weight excluding hydrogens is 459 g/mol. The van der Waals surface area contributed by atoms with E-state index in [1.54, 1.807) is 17.4 Å². The van der Waals surface area contributed by atoms with Gasteiger partial charge in [-0.25, -0.2) is 14.4 Å². The molecule has 3 aromatic heterocycles. The number of H-pyrrole nitrogens is 1. The minimum atomic E-state index is -0.642. The zero-order valence-corrected chi connectivity index (χ0v) is 19.4. The lowest BCUT2D eigenvalue weighted by molar-refractivity contribution is 0.00794. The van der Waals surface area contributed by atoms with Crippen LogP contribution in [0, 0.1) is 5.82 Å². The van der Waals surface area contributed by atoms with Crippen molar-refractivity contribution >= 4 is 27.5 Å². The highest BCUT2D eigenvalue weighted by Crippen LogP contribution is 2.33. The number of thiazole rings is 1. The molecule has 6 rings (SSSR count). The standard InChI is InChI=1S/C24H23FN4O4S/c1-29(2)24-28-17(11-34-24)12-3-5-13(6-4-12)21-14(25)7-15-16(27-21)8-20(26-15)33-19-10-32-22-18(30)9-31-23(19)22/h3-8,11,18-19,22-23,26,30H,9-10H2,1-2H3/t18-,19-,22-,23-/m1/s1. The topological polar surface area (TPSA) is 92.7 Å². The molecule has 2 N–H and O–H groups in total. The van der Waals surface area contributed by atoms with Crippen molar-refractivity contribution in [3.05, 3.63) is 47.6 Å². The van der Waals surface area contributed by atoms with Gasteiger partial charge in [-0.1, -0.05) is 24.3 Å². The second kappa shape index (κ2) is 8.31. The Morgan fingerprint density at radius 1 is 1.09 bits per heavy atom. The van der Waals surface area contributed by atoms with E-state index in [1.165, 1.54) is 6.07 Å². The van der Waals surface area contributed by atoms with Gasteiger partial charge in [0, 0.05) is 42.7 Å². The summed E-state index contributed by atoms with van der Waals surface area (Å²) in [5.41, 5.74) is 3.91. The molecule has 2 aliphatic rings. The van der Waals surface area contributed by atoms with Crippen molar-refractivity contribution < 1.29 is 23.7 Å². The van der Waals surface area contributed by atoms with Gasteiger partial charge >= 0.3 is 0 Å². The van der Waals surface area contributed by atoms with Gasteiger partial charge in [-0.15, -0.1) is 11.3 Å². The molecule has 8 nitrogen and oxygen atoms in total. The molecule has 176 valence electrons. The van der Waals surface area contributed by atoms with Crippen molar-refractivity contribution in [2.45, 2.75) is 24.4 Å². The zero-order chi connectivity index (χ0) is 23.4. The molecule has 0 amide bonds. The van der Waals surface area contributed by atoms with Crippen molar-refractivity contribution in [2.75, 3.05) is 32.2 Å². The molecular formula is C24H23FN4O4S. The van der Waals surface area contributed by atoms with E-state index < -0.39 is 11.9 Å². The molecule has 10 heteroatoms. The summed E-state index contributed by atoms with van der Waals surface area (Å²) >= 11 is 1.57. The SMILES string of the molecule is CN(C)c1nc(-c2ccc(-c3nc4cc(O[C@@H]5CO[C@H]6[C@@H]5OC[C@H]6O)[nH]c4cc3F)cc2)cs1. The Morgan fingerprint density at radius 3 is 2.62 bits per heavy atom. The molecule has 2 saturated heterocycles. The van der Waals surface area contributed by atoms with Gasteiger partial charge in [0.15, 0.2) is 22.9 Å². The molecule has 1 aromatic carbocycles. The van der Waals surface area contributed by atoms with Crippen LogP contribution in [0.15, 0.2) is 41.8 Å². The molecule has 4 atom stereocenters. The average molecular weight is 483 g/mol. The maximum atomic E-state index is 14.9. The van der Waals surface area contributed by atoms with Crippen molar-refractivity contribution in [1.29, 1.82) is 0 Å². The Hall–Kier alpha value is -3.05. The van der Waals surface area contributed by atoms with Crippen LogP contribution in [0.3, 0.4) is 0 Å². The number of pyridine rings is 1. The van der Waals surface area contributed by atoms with Crippen LogP contribution in [0.25, 0.3) is 33.5 Å². The highest BCUT2D eigenvalue weighted by Gasteiger charge is 2.48. The van der Waals surface area contributed by atoms with Gasteiger partial charge in [0.25, 0.3) is 0 Å². The number of nitrogens with one attached hydrogen (secondary N) is 1. The molecule has 5 heterocycles. The van der Waals surface area contributed by atoms with Gasteiger partial charge < -0.3 is 29.2 Å². The number of benzene rings is 1. The van der Waals surface area contributed by atoms with Crippen LogP contribution in [0.5, 0.6) is 5.88 Å². The molecule has 0 unspecified atom stereocenters. The number of rotatable bonds is 5. The van der Waals surface area contributed by atoms with E-state index in [0.29, 0.717) is 29.1 Å². The van der Waals surface area contributed by atoms with Crippen LogP contribution >= 0.6 is 11.3 Å². The molecule has 4 aromatic rings. The maximum Gasteiger partial charge on any atom is 0.193 e. The lowest BCUT2D eigenvalue weighted by Gasteiger charge is -2.16. The fourth-order valence-electron chi connectivity index (χ4n) is 4.38. The van der Waals surface area contributed by atoms with E-state index in [-0.39, 0.29) is 30.6 Å². The average Bonchev–Trinajstić information content (AvgIpc) is 3.60. The Labute approximate surface area is 198 Å². The number of halogens is 1. The smallest absolute Gasteiger partial charge is 0.193 e. The molecule has 34 heavy (non-hydrogen) atoms. The molecule has 0 saturated carbocycles. The van der Waals surface area contributed by atoms with Crippen LogP contribution in [0.4, 0.5) is 9.52 Å². The number of aromatic nitrogens is 3. The predicted octanol–water partition coefficient (Wildman–Crippen LogP) is 3.46. The summed E-state index contributed by atoms with van der Waals surface area (Å²) in [6.45, 7) is 0.548. The van der Waals surface area contributed by atoms with Gasteiger partial charge in [-0.05, 0) is 0 Å². The fraction of sp³-hybridized carbons (Fsp3) is 0.333. The second-order valence-electron chi connectivity index (χ2n) is 8.69. The first-order valence-electron chi connectivity index (χ1n) is 11.0. The van der Waals surface area contributed by atoms with Gasteiger partial charge in [-0.3, -0.25) is 0 Å². The highest BCUT2D eigenvalue weighted by atomic mass is 32.1. The third-order valence-corrected chi connectivity index (χ3v) is 7.13. The van der Waals surface area contributed by atoms with Crippen molar-refractivity contribution in [3.63, 3.8) is 0 Å². The quantitative estimate of drug-likeness (QED) is 0.450. The number of fused-ring (bicyclic) bond motifs is 2. The van der Waals surface area contributed by atoms with Gasteiger partial charge in [-0.2, -0.15) is 0 Å². The lowest BCUT2D eigenvalue weighted by Crippen LogP contribution is -2.34. The summed E-state index contributed by atoms with van der Waals surface area (Å²) in [5.74, 6) is 0.0255. The summed E-state index contributed by atoms with van der Waals surface area (Å²) in [6.07, 6.45) is -1.70. The Morgan fingerprint density at radius 2 is 1.85 bits per heavy atom. The predicted molar refractivity (Wildman–Crippen MR) is 127 cm³/mol. The number of hydrogen-bond acceptors (Lipinski definition) is 8. The third-order valence-electron chi connectivity index (χ3n) is 6.12. The Balaban J connectivity index is 1.24. The number of aliphatic hydroxyl groups excluding tert-OH is 1. The summed E-state index contributed by atoms with van der Waals surface area (Å²) in [4.78, 5) is 14.2. The van der Waals surface area contributed by atoms with Crippen LogP contribution in [-0.4, -0.2) is 71.8 Å². The van der Waals surface area contributed by atoms with E-state index in [2.05, 4.69) is 15.0 Å². The number of aliphatic hydroxyl groups is 1. The van der Waals surface area contributed by atoms with Crippen LogP contribution in [0.1, 0.15) is 0 Å². The van der Waals surface area contributed by atoms with Crippen LogP contribution < -0.4 is 9.64 Å². The summed E-state index contributed by atoms with van der Waals surface area (Å²) in [7, 11) is 3.91. The number of anilines is 1. The van der Waals surface area contributed by atoms with Gasteiger partial charge in [0.05, 0.1) is 29.9 Å². The summed E-state index contributed by atoms with van der Waals surface area (Å²) in [6, 6.07) is 10.7. The number of aromatic amines is 1. The monoisotopic (exact) mass is 482 g/mol. The first-order chi connectivity index (χ1) is 16.5. The van der Waals surface area contributed by atoms with Crippen molar-refractivity contribution in [2.24, 2.45) is 0 Å². The van der Waals surface area contributed by atoms with E-state index in [4.69, 9.17) is 14.2 Å². The highest BCUT2D eigenvalue weighted by molar-refractivity contribution is 7.14. The van der Waals surface area contributed by atoms with Crippen molar-refractivity contribution in [1.82, 2.24) is 15.0 Å². The molecule has 0 aliphatic carbocycles. The Bertz CT molecular complexity index is 1340. The van der Waals surface area contributed by atoms with Crippen molar-refractivity contribution in [3.8, 4) is 28.4 Å². The summed E-state index contributed by atoms with van der Waals surface area (Å²) in [5, 5.41) is 12.8. The normalized spacial score (nSPS) is 24.0. The van der Waals surface area contributed by atoms with E-state index >= 15 is 0 Å². The zero-order valence-electron chi connectivity index (χ0n) is 18.6. The minimum Gasteiger partial charge on any atom is -0.470 e. The number of ether oxygens (including phenoxy) is 3. The third kappa shape index (κ3) is 3.72. The lowest BCUT2D eigenvalue weighted by atomic mass is 10.1. The Kier molecular flexibility index (Phi) is 5.25. The first kappa shape index (κ1) is 21.5. The van der Waals surface area contributed by atoms with Gasteiger partial charge in [0.1, 0.15) is 24.0 Å². The molecule has 0 bridgehead atoms. The van der Waals surface area contributed by atoms with Crippen LogP contribution in [0.2, 0.25) is 0 Å². The second-order valence-corrected chi connectivity index (χ2v) is 9.53. The molecule has 2 fully saturated rings. The van der Waals surface area contributed by atoms with E-state index in [0.717, 1.165) is 16.4 Å². The van der Waals surface area contributed by atoms with E-state index in [9.17, 15) is 9.50 Å². The van der Waals surface area contributed by atoms with E-state index in [1.807, 2.05) is 48.6 Å². The van der Waals surface area contributed by atoms with Gasteiger partial charge in [0.2, 0.25) is 0 Å². The fourth-order valence-corrected chi connectivity index (χ4v) is 5.15. The van der Waals surface area contributed by atoms with Crippen LogP contribution in [-0.2, 0) is 9.47 Å². The minimum absolute atomic E-state index is 0.232. The molecule has 2 aliphatic heterocycles. The number of nitrogens with zero attached hydrogens (tertiary/aromatic N) is 3. The number of hydrogen-bond donors (Lipinski definition) is 2. The summed E-state index contributed by atoms with van der Waals surface area (Å²) < 4.78 is 32.2. The molecule has 0 radical (unpaired) electrons. The maximum absolute atomic E-state index is 14.9. The largest absolute Gasteiger partial charge is 0.470 e.